The van der Waals surface area contributed by atoms with E-state index in [9.17, 15) is 9.18 Å². The van der Waals surface area contributed by atoms with E-state index in [-0.39, 0.29) is 11.6 Å². The minimum atomic E-state index is -0.498. The van der Waals surface area contributed by atoms with E-state index < -0.39 is 5.82 Å². The Labute approximate surface area is 112 Å². The van der Waals surface area contributed by atoms with Crippen LogP contribution in [0.25, 0.3) is 0 Å². The number of benzene rings is 1. The van der Waals surface area contributed by atoms with Crippen LogP contribution in [0, 0.1) is 5.82 Å². The lowest BCUT2D eigenvalue weighted by atomic mass is 10.2. The first kappa shape index (κ1) is 13.8. The molecule has 0 atom stereocenters. The van der Waals surface area contributed by atoms with Gasteiger partial charge in [-0.05, 0) is 37.6 Å². The number of nitrogen functional groups attached to an aromatic ring is 1. The summed E-state index contributed by atoms with van der Waals surface area (Å²) >= 11 is 0. The van der Waals surface area contributed by atoms with Crippen LogP contribution in [0.2, 0.25) is 0 Å². The van der Waals surface area contributed by atoms with Crippen LogP contribution in [0.4, 0.5) is 10.1 Å². The Morgan fingerprint density at radius 3 is 2.84 bits per heavy atom. The monoisotopic (exact) mass is 265 g/mol. The predicted molar refractivity (Wildman–Crippen MR) is 73.4 cm³/mol. The van der Waals surface area contributed by atoms with E-state index in [0.29, 0.717) is 18.2 Å². The van der Waals surface area contributed by atoms with E-state index in [0.717, 1.165) is 13.1 Å². The highest BCUT2D eigenvalue weighted by Crippen LogP contribution is 2.25. The van der Waals surface area contributed by atoms with Crippen molar-refractivity contribution in [3.8, 4) is 0 Å². The zero-order chi connectivity index (χ0) is 13.8. The van der Waals surface area contributed by atoms with Crippen molar-refractivity contribution in [1.29, 1.82) is 0 Å². The Bertz CT molecular complexity index is 460. The van der Waals surface area contributed by atoms with Crippen molar-refractivity contribution in [1.82, 2.24) is 10.2 Å². The Balaban J connectivity index is 1.81. The van der Waals surface area contributed by atoms with E-state index in [2.05, 4.69) is 17.1 Å². The fraction of sp³-hybridized carbons (Fsp3) is 0.500. The Kier molecular flexibility index (Phi) is 4.37. The molecule has 1 amide bonds. The van der Waals surface area contributed by atoms with Crippen molar-refractivity contribution in [3.05, 3.63) is 29.6 Å². The summed E-state index contributed by atoms with van der Waals surface area (Å²) in [4.78, 5) is 14.2. The van der Waals surface area contributed by atoms with E-state index in [1.54, 1.807) is 0 Å². The molecule has 1 aliphatic carbocycles. The van der Waals surface area contributed by atoms with Crippen molar-refractivity contribution < 1.29 is 9.18 Å². The maximum atomic E-state index is 13.0. The Morgan fingerprint density at radius 2 is 2.26 bits per heavy atom. The average molecular weight is 265 g/mol. The summed E-state index contributed by atoms with van der Waals surface area (Å²) in [5, 5.41) is 2.83. The molecule has 0 unspecified atom stereocenters. The van der Waals surface area contributed by atoms with Gasteiger partial charge in [0.1, 0.15) is 5.82 Å². The van der Waals surface area contributed by atoms with Gasteiger partial charge in [-0.3, -0.25) is 9.69 Å². The highest BCUT2D eigenvalue weighted by Gasteiger charge is 2.27. The first-order valence-electron chi connectivity index (χ1n) is 6.69. The molecule has 1 aromatic rings. The van der Waals surface area contributed by atoms with E-state index in [1.165, 1.54) is 31.0 Å². The van der Waals surface area contributed by atoms with Gasteiger partial charge in [0.2, 0.25) is 0 Å². The molecule has 1 saturated carbocycles. The van der Waals surface area contributed by atoms with Gasteiger partial charge in [0, 0.05) is 24.7 Å². The summed E-state index contributed by atoms with van der Waals surface area (Å²) in [5.74, 6) is -0.707. The van der Waals surface area contributed by atoms with Crippen molar-refractivity contribution in [2.45, 2.75) is 25.8 Å². The van der Waals surface area contributed by atoms with Crippen LogP contribution < -0.4 is 11.1 Å². The standard InChI is InChI=1S/C14H20FN3O/c1-2-18(11-4-5-11)8-7-17-14(19)10-3-6-12(15)13(16)9-10/h3,6,9,11H,2,4-5,7-8,16H2,1H3,(H,17,19). The third-order valence-corrected chi connectivity index (χ3v) is 3.41. The molecule has 104 valence electrons. The summed E-state index contributed by atoms with van der Waals surface area (Å²) in [6.45, 7) is 4.58. The summed E-state index contributed by atoms with van der Waals surface area (Å²) < 4.78 is 13.0. The molecular weight excluding hydrogens is 245 g/mol. The summed E-state index contributed by atoms with van der Waals surface area (Å²) in [5.41, 5.74) is 5.84. The van der Waals surface area contributed by atoms with E-state index in [1.807, 2.05) is 0 Å². The molecule has 0 radical (unpaired) electrons. The number of nitrogens with zero attached hydrogens (tertiary/aromatic N) is 1. The summed E-state index contributed by atoms with van der Waals surface area (Å²) in [6, 6.07) is 4.72. The van der Waals surface area contributed by atoms with Crippen molar-refractivity contribution in [2.24, 2.45) is 0 Å². The van der Waals surface area contributed by atoms with Gasteiger partial charge < -0.3 is 11.1 Å². The lowest BCUT2D eigenvalue weighted by Crippen LogP contribution is -2.36. The van der Waals surface area contributed by atoms with Crippen molar-refractivity contribution in [2.75, 3.05) is 25.4 Å². The first-order valence-corrected chi connectivity index (χ1v) is 6.69. The first-order chi connectivity index (χ1) is 9.11. The van der Waals surface area contributed by atoms with Gasteiger partial charge in [-0.1, -0.05) is 6.92 Å². The minimum Gasteiger partial charge on any atom is -0.396 e. The molecule has 0 bridgehead atoms. The molecule has 1 fully saturated rings. The number of halogens is 1. The summed E-state index contributed by atoms with van der Waals surface area (Å²) in [6.07, 6.45) is 2.52. The fourth-order valence-electron chi connectivity index (χ4n) is 2.14. The van der Waals surface area contributed by atoms with Crippen LogP contribution in [0.5, 0.6) is 0 Å². The maximum Gasteiger partial charge on any atom is 0.251 e. The highest BCUT2D eigenvalue weighted by molar-refractivity contribution is 5.95. The maximum absolute atomic E-state index is 13.0. The van der Waals surface area contributed by atoms with Gasteiger partial charge in [0.05, 0.1) is 5.69 Å². The second kappa shape index (κ2) is 6.02. The third-order valence-electron chi connectivity index (χ3n) is 3.41. The average Bonchev–Trinajstić information content (AvgIpc) is 3.22. The number of carbonyl (C=O) groups is 1. The van der Waals surface area contributed by atoms with E-state index >= 15 is 0 Å². The van der Waals surface area contributed by atoms with Gasteiger partial charge >= 0.3 is 0 Å². The number of likely N-dealkylation sites (N-methyl/N-ethyl adjacent to an activating group) is 1. The molecule has 0 heterocycles. The normalized spacial score (nSPS) is 14.7. The topological polar surface area (TPSA) is 58.4 Å². The van der Waals surface area contributed by atoms with Crippen LogP contribution in [0.1, 0.15) is 30.1 Å². The molecule has 19 heavy (non-hydrogen) atoms. The number of nitrogens with one attached hydrogen (secondary N) is 1. The zero-order valence-corrected chi connectivity index (χ0v) is 11.2. The molecule has 0 aromatic heterocycles. The number of hydrogen-bond donors (Lipinski definition) is 2. The molecule has 0 aliphatic heterocycles. The number of hydrogen-bond acceptors (Lipinski definition) is 3. The van der Waals surface area contributed by atoms with Gasteiger partial charge in [-0.25, -0.2) is 4.39 Å². The van der Waals surface area contributed by atoms with Gasteiger partial charge in [0.15, 0.2) is 0 Å². The number of rotatable bonds is 6. The largest absolute Gasteiger partial charge is 0.396 e. The number of anilines is 1. The van der Waals surface area contributed by atoms with Crippen LogP contribution >= 0.6 is 0 Å². The Hall–Kier alpha value is -1.62. The second-order valence-corrected chi connectivity index (χ2v) is 4.85. The molecular formula is C14H20FN3O. The van der Waals surface area contributed by atoms with Crippen LogP contribution in [-0.4, -0.2) is 36.5 Å². The zero-order valence-electron chi connectivity index (χ0n) is 11.2. The second-order valence-electron chi connectivity index (χ2n) is 4.85. The molecule has 1 aromatic carbocycles. The van der Waals surface area contributed by atoms with Crippen LogP contribution in [0.15, 0.2) is 18.2 Å². The SMILES string of the molecule is CCN(CCNC(=O)c1ccc(F)c(N)c1)C1CC1. The highest BCUT2D eigenvalue weighted by atomic mass is 19.1. The molecule has 1 aliphatic rings. The van der Waals surface area contributed by atoms with Gasteiger partial charge in [-0.15, -0.1) is 0 Å². The Morgan fingerprint density at radius 1 is 1.53 bits per heavy atom. The quantitative estimate of drug-likeness (QED) is 0.768. The number of carbonyl (C=O) groups excluding carboxylic acids is 1. The predicted octanol–water partition coefficient (Wildman–Crippen LogP) is 1.62. The van der Waals surface area contributed by atoms with Crippen molar-refractivity contribution >= 4 is 11.6 Å². The third kappa shape index (κ3) is 3.67. The molecule has 0 saturated heterocycles. The summed E-state index contributed by atoms with van der Waals surface area (Å²) in [7, 11) is 0. The number of amides is 1. The molecule has 2 rings (SSSR count). The molecule has 3 N–H and O–H groups in total. The van der Waals surface area contributed by atoms with E-state index in [4.69, 9.17) is 5.73 Å². The van der Waals surface area contributed by atoms with Crippen LogP contribution in [-0.2, 0) is 0 Å². The smallest absolute Gasteiger partial charge is 0.251 e. The number of nitrogens with two attached hydrogens (primary N) is 1. The van der Waals surface area contributed by atoms with Crippen molar-refractivity contribution in [3.63, 3.8) is 0 Å². The van der Waals surface area contributed by atoms with Gasteiger partial charge in [-0.2, -0.15) is 0 Å². The molecule has 0 spiro atoms. The molecule has 4 nitrogen and oxygen atoms in total. The van der Waals surface area contributed by atoms with Gasteiger partial charge in [0.25, 0.3) is 5.91 Å². The van der Waals surface area contributed by atoms with Crippen LogP contribution in [0.3, 0.4) is 0 Å². The lowest BCUT2D eigenvalue weighted by Gasteiger charge is -2.19. The fourth-order valence-corrected chi connectivity index (χ4v) is 2.14. The molecule has 5 heteroatoms. The minimum absolute atomic E-state index is 0.000755. The lowest BCUT2D eigenvalue weighted by molar-refractivity contribution is 0.0948.